The molecule has 6 aromatic carbocycles. The SMILES string of the molecule is c1cnc2c(c1)cc(-c1ccc(-c3ccc(-c4cc5cccnc5c5ncccc45)c4ccccc34)c3ccccc13)c1cccnc12. The van der Waals surface area contributed by atoms with E-state index in [9.17, 15) is 0 Å². The van der Waals surface area contributed by atoms with Gasteiger partial charge in [-0.15, -0.1) is 0 Å². The van der Waals surface area contributed by atoms with Crippen LogP contribution in [0.1, 0.15) is 0 Å². The van der Waals surface area contributed by atoms with Crippen molar-refractivity contribution in [3.63, 3.8) is 0 Å². The van der Waals surface area contributed by atoms with E-state index in [1.54, 1.807) is 0 Å². The predicted octanol–water partition coefficient (Wildman–Crippen LogP) is 11.2. The Morgan fingerprint density at radius 2 is 0.562 bits per heavy atom. The van der Waals surface area contributed by atoms with Crippen LogP contribution in [0.15, 0.2) is 158 Å². The summed E-state index contributed by atoms with van der Waals surface area (Å²) in [5.41, 5.74) is 10.8. The quantitative estimate of drug-likeness (QED) is 0.187. The minimum Gasteiger partial charge on any atom is -0.254 e. The second-order valence-corrected chi connectivity index (χ2v) is 12.2. The summed E-state index contributed by atoms with van der Waals surface area (Å²) in [5, 5.41) is 9.20. The van der Waals surface area contributed by atoms with Gasteiger partial charge in [0, 0.05) is 46.3 Å². The van der Waals surface area contributed by atoms with Crippen LogP contribution in [0.4, 0.5) is 0 Å². The number of hydrogen-bond acceptors (Lipinski definition) is 4. The second kappa shape index (κ2) is 10.5. The van der Waals surface area contributed by atoms with Crippen molar-refractivity contribution < 1.29 is 0 Å². The summed E-state index contributed by atoms with van der Waals surface area (Å²) in [6.45, 7) is 0. The molecule has 10 rings (SSSR count). The lowest BCUT2D eigenvalue weighted by molar-refractivity contribution is 1.37. The van der Waals surface area contributed by atoms with Gasteiger partial charge >= 0.3 is 0 Å². The molecule has 0 amide bonds. The van der Waals surface area contributed by atoms with Gasteiger partial charge in [0.15, 0.2) is 0 Å². The van der Waals surface area contributed by atoms with E-state index in [0.29, 0.717) is 0 Å². The number of rotatable bonds is 3. The Bertz CT molecular complexity index is 2710. The predicted molar refractivity (Wildman–Crippen MR) is 199 cm³/mol. The molecule has 222 valence electrons. The van der Waals surface area contributed by atoms with E-state index in [1.807, 2.05) is 49.1 Å². The van der Waals surface area contributed by atoms with Gasteiger partial charge in [0.05, 0.1) is 22.1 Å². The number of pyridine rings is 4. The van der Waals surface area contributed by atoms with Crippen LogP contribution in [0.25, 0.3) is 98.5 Å². The highest BCUT2D eigenvalue weighted by Gasteiger charge is 2.18. The second-order valence-electron chi connectivity index (χ2n) is 12.2. The lowest BCUT2D eigenvalue weighted by atomic mass is 9.86. The van der Waals surface area contributed by atoms with Gasteiger partial charge in [0.25, 0.3) is 0 Å². The van der Waals surface area contributed by atoms with Crippen molar-refractivity contribution in [2.24, 2.45) is 0 Å². The minimum absolute atomic E-state index is 0.924. The zero-order chi connectivity index (χ0) is 31.6. The average Bonchev–Trinajstić information content (AvgIpc) is 3.16. The van der Waals surface area contributed by atoms with Crippen LogP contribution in [-0.4, -0.2) is 19.9 Å². The van der Waals surface area contributed by atoms with E-state index in [0.717, 1.165) is 54.7 Å². The van der Waals surface area contributed by atoms with Crippen molar-refractivity contribution in [2.45, 2.75) is 0 Å². The first kappa shape index (κ1) is 26.7. The Morgan fingerprint density at radius 3 is 0.958 bits per heavy atom. The van der Waals surface area contributed by atoms with Crippen LogP contribution in [-0.2, 0) is 0 Å². The standard InChI is InChI=1S/C44H26N4/c1-3-13-31-29(11-1)33(17-19-35(31)39-25-27-9-5-21-45-41(27)43-37(39)15-7-23-47-43)34-18-20-36(32-14-4-2-12-30(32)34)40-26-28-10-6-22-46-42(28)44-38(40)16-8-24-48-44/h1-26H. The maximum Gasteiger partial charge on any atom is 0.0970 e. The number of hydrogen-bond donors (Lipinski definition) is 0. The summed E-state index contributed by atoms with van der Waals surface area (Å²) < 4.78 is 0. The molecule has 4 heterocycles. The molecule has 0 unspecified atom stereocenters. The first-order valence-electron chi connectivity index (χ1n) is 16.1. The smallest absolute Gasteiger partial charge is 0.0970 e. The Labute approximate surface area is 276 Å². The molecule has 0 radical (unpaired) electrons. The van der Waals surface area contributed by atoms with E-state index in [1.165, 1.54) is 43.8 Å². The van der Waals surface area contributed by atoms with Gasteiger partial charge in [-0.25, -0.2) is 0 Å². The molecule has 10 aromatic rings. The molecule has 0 aliphatic rings. The van der Waals surface area contributed by atoms with Crippen LogP contribution in [0.3, 0.4) is 0 Å². The van der Waals surface area contributed by atoms with Crippen molar-refractivity contribution in [3.8, 4) is 33.4 Å². The molecule has 4 nitrogen and oxygen atoms in total. The number of benzene rings is 6. The minimum atomic E-state index is 0.924. The highest BCUT2D eigenvalue weighted by atomic mass is 14.7. The Hall–Kier alpha value is -6.52. The largest absolute Gasteiger partial charge is 0.254 e. The van der Waals surface area contributed by atoms with Crippen molar-refractivity contribution in [3.05, 3.63) is 158 Å². The molecule has 0 N–H and O–H groups in total. The summed E-state index contributed by atoms with van der Waals surface area (Å²) in [7, 11) is 0. The highest BCUT2D eigenvalue weighted by molar-refractivity contribution is 6.18. The summed E-state index contributed by atoms with van der Waals surface area (Å²) in [6, 6.07) is 47.7. The molecule has 4 aromatic heterocycles. The van der Waals surface area contributed by atoms with E-state index < -0.39 is 0 Å². The number of fused-ring (bicyclic) bond motifs is 8. The van der Waals surface area contributed by atoms with Gasteiger partial charge in [-0.3, -0.25) is 19.9 Å². The maximum absolute atomic E-state index is 4.77. The highest BCUT2D eigenvalue weighted by Crippen LogP contribution is 2.44. The Balaban J connectivity index is 1.22. The molecular formula is C44H26N4. The topological polar surface area (TPSA) is 51.6 Å². The lowest BCUT2D eigenvalue weighted by Gasteiger charge is -2.17. The van der Waals surface area contributed by atoms with Crippen LogP contribution < -0.4 is 0 Å². The molecule has 0 spiro atoms. The maximum atomic E-state index is 4.77. The number of nitrogens with zero attached hydrogens (tertiary/aromatic N) is 4. The zero-order valence-electron chi connectivity index (χ0n) is 25.8. The molecule has 0 atom stereocenters. The van der Waals surface area contributed by atoms with Gasteiger partial charge in [0.2, 0.25) is 0 Å². The fourth-order valence-corrected chi connectivity index (χ4v) is 7.54. The lowest BCUT2D eigenvalue weighted by Crippen LogP contribution is -1.92. The van der Waals surface area contributed by atoms with E-state index in [4.69, 9.17) is 9.97 Å². The molecule has 0 saturated carbocycles. The first-order chi connectivity index (χ1) is 23.8. The van der Waals surface area contributed by atoms with Crippen molar-refractivity contribution in [1.82, 2.24) is 19.9 Å². The molecular weight excluding hydrogens is 585 g/mol. The zero-order valence-corrected chi connectivity index (χ0v) is 25.8. The van der Waals surface area contributed by atoms with Crippen LogP contribution >= 0.6 is 0 Å². The summed E-state index contributed by atoms with van der Waals surface area (Å²) in [6.07, 6.45) is 7.38. The van der Waals surface area contributed by atoms with Crippen molar-refractivity contribution in [1.29, 1.82) is 0 Å². The Morgan fingerprint density at radius 1 is 0.250 bits per heavy atom. The molecule has 0 aliphatic heterocycles. The average molecular weight is 611 g/mol. The molecule has 0 aliphatic carbocycles. The van der Waals surface area contributed by atoms with Crippen LogP contribution in [0.5, 0.6) is 0 Å². The van der Waals surface area contributed by atoms with Gasteiger partial charge < -0.3 is 0 Å². The molecule has 0 saturated heterocycles. The Kier molecular flexibility index (Phi) is 5.84. The third-order valence-corrected chi connectivity index (χ3v) is 9.64. The van der Waals surface area contributed by atoms with Gasteiger partial charge in [0.1, 0.15) is 0 Å². The molecule has 0 fully saturated rings. The fourth-order valence-electron chi connectivity index (χ4n) is 7.54. The molecule has 0 bridgehead atoms. The summed E-state index contributed by atoms with van der Waals surface area (Å²) in [4.78, 5) is 18.9. The van der Waals surface area contributed by atoms with E-state index in [-0.39, 0.29) is 0 Å². The van der Waals surface area contributed by atoms with Crippen molar-refractivity contribution >= 4 is 65.2 Å². The van der Waals surface area contributed by atoms with Gasteiger partial charge in [-0.2, -0.15) is 0 Å². The molecule has 4 heteroatoms. The van der Waals surface area contributed by atoms with Gasteiger partial charge in [-0.05, 0) is 91.3 Å². The van der Waals surface area contributed by atoms with Crippen LogP contribution in [0, 0.1) is 0 Å². The van der Waals surface area contributed by atoms with Crippen molar-refractivity contribution in [2.75, 3.05) is 0 Å². The third-order valence-electron chi connectivity index (χ3n) is 9.64. The van der Waals surface area contributed by atoms with Gasteiger partial charge in [-0.1, -0.05) is 97.1 Å². The summed E-state index contributed by atoms with van der Waals surface area (Å²) >= 11 is 0. The van der Waals surface area contributed by atoms with Crippen LogP contribution in [0.2, 0.25) is 0 Å². The molecule has 48 heavy (non-hydrogen) atoms. The normalized spacial score (nSPS) is 11.8. The van der Waals surface area contributed by atoms with E-state index >= 15 is 0 Å². The number of aromatic nitrogens is 4. The first-order valence-corrected chi connectivity index (χ1v) is 16.1. The van der Waals surface area contributed by atoms with E-state index in [2.05, 4.69) is 119 Å². The summed E-state index contributed by atoms with van der Waals surface area (Å²) in [5.74, 6) is 0. The third kappa shape index (κ3) is 3.96. The monoisotopic (exact) mass is 610 g/mol. The fraction of sp³-hybridized carbons (Fsp3) is 0.